The van der Waals surface area contributed by atoms with Gasteiger partial charge in [-0.3, -0.25) is 4.79 Å². The molecule has 0 spiro atoms. The number of oxime groups is 1. The third kappa shape index (κ3) is 6.79. The number of hydrogen-bond donors (Lipinski definition) is 2. The maximum Gasteiger partial charge on any atom is 0.265 e. The lowest BCUT2D eigenvalue weighted by Crippen LogP contribution is -2.31. The minimum absolute atomic E-state index is 0.217. The Morgan fingerprint density at radius 2 is 2.55 bits per heavy atom. The summed E-state index contributed by atoms with van der Waals surface area (Å²) >= 11 is 0. The topological polar surface area (TPSA) is 70.9 Å². The van der Waals surface area contributed by atoms with Crippen molar-refractivity contribution < 1.29 is 14.7 Å². The highest BCUT2D eigenvalue weighted by Crippen LogP contribution is 1.73. The van der Waals surface area contributed by atoms with Crippen LogP contribution < -0.4 is 5.32 Å². The Balaban J connectivity index is 3.45. The first kappa shape index (κ1) is 9.90. The number of nitrogens with zero attached hydrogens (tertiary/aromatic N) is 1. The number of rotatable bonds is 4. The highest BCUT2D eigenvalue weighted by molar-refractivity contribution is 6.26. The Morgan fingerprint density at radius 3 is 3.00 bits per heavy atom. The molecule has 0 aromatic rings. The molecule has 0 saturated heterocycles. The van der Waals surface area contributed by atoms with Gasteiger partial charge in [-0.1, -0.05) is 5.16 Å². The number of carbonyl (C=O) groups is 1. The van der Waals surface area contributed by atoms with Crippen LogP contribution in [0.3, 0.4) is 0 Å². The molecule has 0 radical (unpaired) electrons. The molecule has 0 aliphatic carbocycles. The van der Waals surface area contributed by atoms with Crippen molar-refractivity contribution >= 4 is 12.1 Å². The van der Waals surface area contributed by atoms with E-state index in [-0.39, 0.29) is 12.5 Å². The largest absolute Gasteiger partial charge is 0.399 e. The average Bonchev–Trinajstić information content (AvgIpc) is 1.97. The highest BCUT2D eigenvalue weighted by Gasteiger charge is 1.98. The number of amides is 1. The quantitative estimate of drug-likeness (QED) is 0.414. The van der Waals surface area contributed by atoms with Crippen molar-refractivity contribution in [3.63, 3.8) is 0 Å². The van der Waals surface area contributed by atoms with Gasteiger partial charge in [0.1, 0.15) is 13.3 Å². The molecule has 1 atom stereocenters. The molecule has 0 aromatic heterocycles. The maximum absolute atomic E-state index is 10.7. The summed E-state index contributed by atoms with van der Waals surface area (Å²) in [5.41, 5.74) is 0. The minimum Gasteiger partial charge on any atom is -0.399 e. The van der Waals surface area contributed by atoms with Crippen LogP contribution in [0.25, 0.3) is 0 Å². The summed E-state index contributed by atoms with van der Waals surface area (Å²) in [5.74, 6) is -0.382. The van der Waals surface area contributed by atoms with E-state index in [2.05, 4.69) is 15.3 Å². The van der Waals surface area contributed by atoms with Crippen LogP contribution in [0.2, 0.25) is 0 Å². The van der Waals surface area contributed by atoms with E-state index >= 15 is 0 Å². The van der Waals surface area contributed by atoms with E-state index in [0.29, 0.717) is 0 Å². The molecule has 5 heteroatoms. The van der Waals surface area contributed by atoms with Crippen molar-refractivity contribution in [2.75, 3.05) is 13.7 Å². The standard InChI is InChI=1S/C6H12N2O3/c1-5(9)3-7-6(10)4-8-11-2/h4-5,9H,3H2,1-2H3,(H,7,10)/b8-4+. The molecule has 11 heavy (non-hydrogen) atoms. The van der Waals surface area contributed by atoms with Gasteiger partial charge >= 0.3 is 0 Å². The highest BCUT2D eigenvalue weighted by atomic mass is 16.6. The van der Waals surface area contributed by atoms with Gasteiger partial charge in [0.15, 0.2) is 0 Å². The molecular weight excluding hydrogens is 148 g/mol. The van der Waals surface area contributed by atoms with E-state index in [1.54, 1.807) is 6.92 Å². The van der Waals surface area contributed by atoms with Gasteiger partial charge in [-0.15, -0.1) is 0 Å². The predicted molar refractivity (Wildman–Crippen MR) is 40.2 cm³/mol. The second-order valence-corrected chi connectivity index (χ2v) is 2.01. The summed E-state index contributed by atoms with van der Waals surface area (Å²) < 4.78 is 0. The summed E-state index contributed by atoms with van der Waals surface area (Å²) in [5, 5.41) is 14.4. The fourth-order valence-corrected chi connectivity index (χ4v) is 0.395. The summed E-state index contributed by atoms with van der Waals surface area (Å²) in [6, 6.07) is 0. The van der Waals surface area contributed by atoms with Crippen LogP contribution in [0.5, 0.6) is 0 Å². The zero-order valence-electron chi connectivity index (χ0n) is 6.57. The van der Waals surface area contributed by atoms with Crippen molar-refractivity contribution in [2.24, 2.45) is 5.16 Å². The van der Waals surface area contributed by atoms with Gasteiger partial charge < -0.3 is 15.3 Å². The molecule has 64 valence electrons. The molecule has 0 fully saturated rings. The summed E-state index contributed by atoms with van der Waals surface area (Å²) in [6.45, 7) is 1.79. The Labute approximate surface area is 65.0 Å². The first-order valence-corrected chi connectivity index (χ1v) is 3.19. The van der Waals surface area contributed by atoms with Crippen LogP contribution in [0.15, 0.2) is 5.16 Å². The summed E-state index contributed by atoms with van der Waals surface area (Å²) in [6.07, 6.45) is 0.456. The van der Waals surface area contributed by atoms with Crippen molar-refractivity contribution in [1.29, 1.82) is 0 Å². The van der Waals surface area contributed by atoms with Gasteiger partial charge in [-0.05, 0) is 6.92 Å². The monoisotopic (exact) mass is 160 g/mol. The number of nitrogens with one attached hydrogen (secondary N) is 1. The second kappa shape index (κ2) is 5.67. The SMILES string of the molecule is CO/N=C/C(=O)NCC(C)O. The van der Waals surface area contributed by atoms with Crippen molar-refractivity contribution in [1.82, 2.24) is 5.32 Å². The Kier molecular flexibility index (Phi) is 5.10. The van der Waals surface area contributed by atoms with Crippen LogP contribution in [0.4, 0.5) is 0 Å². The Morgan fingerprint density at radius 1 is 1.91 bits per heavy atom. The van der Waals surface area contributed by atoms with E-state index in [1.807, 2.05) is 0 Å². The lowest BCUT2D eigenvalue weighted by molar-refractivity contribution is -0.114. The van der Waals surface area contributed by atoms with Crippen molar-refractivity contribution in [3.8, 4) is 0 Å². The third-order valence-corrected chi connectivity index (χ3v) is 0.847. The fourth-order valence-electron chi connectivity index (χ4n) is 0.395. The van der Waals surface area contributed by atoms with E-state index in [9.17, 15) is 4.79 Å². The van der Waals surface area contributed by atoms with E-state index in [4.69, 9.17) is 5.11 Å². The maximum atomic E-state index is 10.7. The number of hydrogen-bond acceptors (Lipinski definition) is 4. The van der Waals surface area contributed by atoms with Crippen LogP contribution in [-0.2, 0) is 9.63 Å². The van der Waals surface area contributed by atoms with Gasteiger partial charge in [-0.2, -0.15) is 0 Å². The normalized spacial score (nSPS) is 13.0. The molecule has 0 saturated carbocycles. The average molecular weight is 160 g/mol. The lowest BCUT2D eigenvalue weighted by Gasteiger charge is -2.02. The van der Waals surface area contributed by atoms with Crippen LogP contribution >= 0.6 is 0 Å². The summed E-state index contributed by atoms with van der Waals surface area (Å²) in [4.78, 5) is 14.9. The van der Waals surface area contributed by atoms with E-state index < -0.39 is 6.10 Å². The molecule has 5 nitrogen and oxygen atoms in total. The third-order valence-electron chi connectivity index (χ3n) is 0.847. The molecule has 0 aliphatic rings. The molecule has 1 unspecified atom stereocenters. The van der Waals surface area contributed by atoms with Crippen molar-refractivity contribution in [3.05, 3.63) is 0 Å². The minimum atomic E-state index is -0.546. The molecule has 1 amide bonds. The van der Waals surface area contributed by atoms with E-state index in [1.165, 1.54) is 7.11 Å². The number of carbonyl (C=O) groups excluding carboxylic acids is 1. The van der Waals surface area contributed by atoms with Crippen LogP contribution in [0.1, 0.15) is 6.92 Å². The van der Waals surface area contributed by atoms with Gasteiger partial charge in [0.05, 0.1) is 6.10 Å². The van der Waals surface area contributed by atoms with E-state index in [0.717, 1.165) is 6.21 Å². The molecular formula is C6H12N2O3. The first-order chi connectivity index (χ1) is 5.16. The number of aliphatic hydroxyl groups is 1. The fraction of sp³-hybridized carbons (Fsp3) is 0.667. The molecule has 0 heterocycles. The molecule has 0 aliphatic heterocycles. The number of aliphatic hydroxyl groups excluding tert-OH is 1. The predicted octanol–water partition coefficient (Wildman–Crippen LogP) is -0.884. The Hall–Kier alpha value is -1.10. The van der Waals surface area contributed by atoms with Gasteiger partial charge in [0.25, 0.3) is 5.91 Å². The smallest absolute Gasteiger partial charge is 0.265 e. The lowest BCUT2D eigenvalue weighted by atomic mass is 10.4. The van der Waals surface area contributed by atoms with Crippen LogP contribution in [0, 0.1) is 0 Å². The molecule has 0 bridgehead atoms. The molecule has 2 N–H and O–H groups in total. The van der Waals surface area contributed by atoms with Crippen LogP contribution in [-0.4, -0.2) is 37.0 Å². The first-order valence-electron chi connectivity index (χ1n) is 3.19. The summed E-state index contributed by atoms with van der Waals surface area (Å²) in [7, 11) is 1.35. The Bertz CT molecular complexity index is 145. The van der Waals surface area contributed by atoms with Gasteiger partial charge in [0.2, 0.25) is 0 Å². The van der Waals surface area contributed by atoms with Gasteiger partial charge in [-0.25, -0.2) is 0 Å². The molecule has 0 rings (SSSR count). The zero-order valence-corrected chi connectivity index (χ0v) is 6.57. The zero-order chi connectivity index (χ0) is 8.69. The second-order valence-electron chi connectivity index (χ2n) is 2.01. The van der Waals surface area contributed by atoms with Gasteiger partial charge in [0, 0.05) is 6.54 Å². The molecule has 0 aromatic carbocycles. The van der Waals surface area contributed by atoms with Crippen molar-refractivity contribution in [2.45, 2.75) is 13.0 Å².